The largest absolute Gasteiger partial charge is 0.458 e. The second-order valence-electron chi connectivity index (χ2n) is 20.2. The van der Waals surface area contributed by atoms with E-state index in [-0.39, 0.29) is 17.5 Å². The lowest BCUT2D eigenvalue weighted by atomic mass is 9.33. The van der Waals surface area contributed by atoms with Crippen LogP contribution in [0.5, 0.6) is 11.5 Å². The molecule has 65 heavy (non-hydrogen) atoms. The number of fused-ring (bicyclic) bond motifs is 8. The van der Waals surface area contributed by atoms with E-state index >= 15 is 0 Å². The third-order valence-corrected chi connectivity index (χ3v) is 14.9. The minimum absolute atomic E-state index is 0.0322. The van der Waals surface area contributed by atoms with Crippen LogP contribution in [-0.2, 0) is 17.3 Å². The monoisotopic (exact) mass is 855 g/mol. The van der Waals surface area contributed by atoms with Gasteiger partial charge in [0.15, 0.2) is 0 Å². The maximum absolute atomic E-state index is 7.21. The summed E-state index contributed by atoms with van der Waals surface area (Å²) < 4.78 is 7.21. The van der Waals surface area contributed by atoms with Gasteiger partial charge in [-0.2, -0.15) is 0 Å². The Morgan fingerprint density at radius 3 is 2.02 bits per heavy atom. The van der Waals surface area contributed by atoms with Crippen LogP contribution in [0.2, 0.25) is 0 Å². The molecular formula is C61H50BNOS. The van der Waals surface area contributed by atoms with Crippen LogP contribution in [0, 0.1) is 0 Å². The predicted molar refractivity (Wildman–Crippen MR) is 277 cm³/mol. The van der Waals surface area contributed by atoms with Gasteiger partial charge >= 0.3 is 0 Å². The van der Waals surface area contributed by atoms with Gasteiger partial charge in [0.2, 0.25) is 0 Å². The molecule has 3 aliphatic rings. The fourth-order valence-corrected chi connectivity index (χ4v) is 11.3. The third-order valence-electron chi connectivity index (χ3n) is 13.9. The highest BCUT2D eigenvalue weighted by atomic mass is 32.2. The molecule has 0 aromatic heterocycles. The molecule has 1 aliphatic carbocycles. The van der Waals surface area contributed by atoms with Crippen LogP contribution in [0.15, 0.2) is 192 Å². The van der Waals surface area contributed by atoms with Gasteiger partial charge in [0.25, 0.3) is 6.71 Å². The summed E-state index contributed by atoms with van der Waals surface area (Å²) in [6.45, 7) is 13.8. The van der Waals surface area contributed by atoms with E-state index in [1.807, 2.05) is 11.8 Å². The number of ether oxygens (including phenoxy) is 1. The number of hydrogen-bond donors (Lipinski definition) is 0. The highest BCUT2D eigenvalue weighted by Crippen LogP contribution is 2.50. The van der Waals surface area contributed by atoms with E-state index in [0.29, 0.717) is 0 Å². The second kappa shape index (κ2) is 14.9. The first-order chi connectivity index (χ1) is 31.4. The van der Waals surface area contributed by atoms with Crippen molar-refractivity contribution in [1.82, 2.24) is 0 Å². The van der Waals surface area contributed by atoms with E-state index in [4.69, 9.17) is 4.74 Å². The van der Waals surface area contributed by atoms with E-state index in [2.05, 4.69) is 228 Å². The highest BCUT2D eigenvalue weighted by Gasteiger charge is 2.44. The Kier molecular flexibility index (Phi) is 9.13. The average Bonchev–Trinajstić information content (AvgIpc) is 3.67. The second-order valence-corrected chi connectivity index (χ2v) is 21.3. The number of anilines is 3. The lowest BCUT2D eigenvalue weighted by Gasteiger charge is -2.42. The van der Waals surface area contributed by atoms with Crippen molar-refractivity contribution >= 4 is 62.7 Å². The molecule has 2 aliphatic heterocycles. The average molecular weight is 856 g/mol. The van der Waals surface area contributed by atoms with Gasteiger partial charge < -0.3 is 9.64 Å². The molecule has 0 unspecified atom stereocenters. The molecule has 0 atom stereocenters. The van der Waals surface area contributed by atoms with Crippen LogP contribution in [0.25, 0.3) is 44.2 Å². The Balaban J connectivity index is 1.16. The van der Waals surface area contributed by atoms with Gasteiger partial charge in [0.05, 0.1) is 5.69 Å². The van der Waals surface area contributed by atoms with Crippen molar-refractivity contribution in [2.75, 3.05) is 4.90 Å². The number of nitrogens with zero attached hydrogens (tertiary/aromatic N) is 1. The fourth-order valence-electron chi connectivity index (χ4n) is 10.4. The zero-order valence-electron chi connectivity index (χ0n) is 37.9. The first-order valence-electron chi connectivity index (χ1n) is 23.0. The van der Waals surface area contributed by atoms with Crippen molar-refractivity contribution in [2.24, 2.45) is 0 Å². The molecule has 0 radical (unpaired) electrons. The first kappa shape index (κ1) is 39.8. The van der Waals surface area contributed by atoms with Crippen LogP contribution < -0.4 is 26.0 Å². The van der Waals surface area contributed by atoms with E-state index in [0.717, 1.165) is 34.9 Å². The minimum Gasteiger partial charge on any atom is -0.458 e. The summed E-state index contributed by atoms with van der Waals surface area (Å²) in [5.74, 6) is 1.85. The Labute approximate surface area is 388 Å². The van der Waals surface area contributed by atoms with Gasteiger partial charge in [-0.25, -0.2) is 0 Å². The summed E-state index contributed by atoms with van der Waals surface area (Å²) in [5, 5.41) is 2.46. The van der Waals surface area contributed by atoms with Crippen molar-refractivity contribution in [2.45, 2.75) is 68.6 Å². The van der Waals surface area contributed by atoms with Gasteiger partial charge in [0, 0.05) is 26.7 Å². The molecule has 12 rings (SSSR count). The SMILES string of the molecule is CC(C)(C)c1ccc2c(c1)B1c3cc4c(cc3N(c3ccc(C(C)(C)C)cc3-c3cccc(Sc5ccccc5)c3)c3cc(-c5ccc6ccccc6c5)cc(c31)O2)Cc1ccccc1-4. The van der Waals surface area contributed by atoms with Crippen LogP contribution in [-0.4, -0.2) is 6.71 Å². The maximum atomic E-state index is 7.21. The van der Waals surface area contributed by atoms with Gasteiger partial charge in [0.1, 0.15) is 11.5 Å². The first-order valence-corrected chi connectivity index (χ1v) is 23.8. The molecule has 0 N–H and O–H groups in total. The minimum atomic E-state index is -0.0569. The Bertz CT molecular complexity index is 3390. The van der Waals surface area contributed by atoms with E-state index < -0.39 is 0 Å². The molecule has 2 heterocycles. The molecule has 0 saturated carbocycles. The quantitative estimate of drug-likeness (QED) is 0.160. The molecule has 9 aromatic rings. The smallest absolute Gasteiger partial charge is 0.256 e. The van der Waals surface area contributed by atoms with Crippen molar-refractivity contribution in [3.63, 3.8) is 0 Å². The molecule has 0 spiro atoms. The van der Waals surface area contributed by atoms with Crippen molar-refractivity contribution in [1.29, 1.82) is 0 Å². The third kappa shape index (κ3) is 6.81. The maximum Gasteiger partial charge on any atom is 0.256 e. The predicted octanol–water partition coefficient (Wildman–Crippen LogP) is 14.9. The van der Waals surface area contributed by atoms with Crippen LogP contribution in [0.1, 0.15) is 63.8 Å². The van der Waals surface area contributed by atoms with Crippen LogP contribution in [0.3, 0.4) is 0 Å². The number of hydrogen-bond acceptors (Lipinski definition) is 3. The van der Waals surface area contributed by atoms with Gasteiger partial charge in [-0.05, 0) is 161 Å². The summed E-state index contributed by atoms with van der Waals surface area (Å²) in [5.41, 5.74) is 19.9. The zero-order chi connectivity index (χ0) is 44.2. The van der Waals surface area contributed by atoms with Gasteiger partial charge in [-0.3, -0.25) is 0 Å². The van der Waals surface area contributed by atoms with Crippen molar-refractivity contribution in [3.8, 4) is 44.9 Å². The Morgan fingerprint density at radius 1 is 0.446 bits per heavy atom. The van der Waals surface area contributed by atoms with Gasteiger partial charge in [-0.15, -0.1) is 0 Å². The lowest BCUT2D eigenvalue weighted by Crippen LogP contribution is -2.59. The fraction of sp³-hybridized carbons (Fsp3) is 0.148. The summed E-state index contributed by atoms with van der Waals surface area (Å²) in [4.78, 5) is 5.04. The molecule has 314 valence electrons. The molecule has 2 nitrogen and oxygen atoms in total. The topological polar surface area (TPSA) is 12.5 Å². The summed E-state index contributed by atoms with van der Waals surface area (Å²) in [6, 6.07) is 68.3. The molecule has 0 saturated heterocycles. The van der Waals surface area contributed by atoms with E-state index in [9.17, 15) is 0 Å². The molecule has 0 fully saturated rings. The summed E-state index contributed by atoms with van der Waals surface area (Å²) in [7, 11) is 0. The van der Waals surface area contributed by atoms with Crippen molar-refractivity contribution in [3.05, 3.63) is 204 Å². The zero-order valence-corrected chi connectivity index (χ0v) is 38.7. The number of benzene rings is 9. The summed E-state index contributed by atoms with van der Waals surface area (Å²) >= 11 is 1.81. The highest BCUT2D eigenvalue weighted by molar-refractivity contribution is 7.99. The standard InChI is InChI=1S/C61H50BNOS/c1-60(2,3)45-25-27-54(51(35-45)42-18-14-21-48(31-42)65-47-19-8-7-9-20-47)63-55-33-44-30-41-17-12-13-22-49(41)50(44)37-52(55)62-53-36-46(61(4,5)6)26-28-57(53)64-58-34-43(32-56(63)59(58)62)40-24-23-38-15-10-11-16-39(38)29-40/h7-29,31-37H,30H2,1-6H3. The molecule has 9 aromatic carbocycles. The van der Waals surface area contributed by atoms with Gasteiger partial charge in [-0.1, -0.05) is 169 Å². The summed E-state index contributed by atoms with van der Waals surface area (Å²) in [6.07, 6.45) is 0.912. The Hall–Kier alpha value is -6.75. The normalized spacial score (nSPS) is 13.4. The molecule has 0 amide bonds. The van der Waals surface area contributed by atoms with E-state index in [1.165, 1.54) is 92.7 Å². The van der Waals surface area contributed by atoms with E-state index in [1.54, 1.807) is 0 Å². The van der Waals surface area contributed by atoms with Crippen LogP contribution >= 0.6 is 11.8 Å². The molecular weight excluding hydrogens is 806 g/mol. The lowest BCUT2D eigenvalue weighted by molar-refractivity contribution is 0.486. The van der Waals surface area contributed by atoms with Crippen molar-refractivity contribution < 1.29 is 4.74 Å². The van der Waals surface area contributed by atoms with Crippen LogP contribution in [0.4, 0.5) is 17.1 Å². The molecule has 0 bridgehead atoms. The number of rotatable bonds is 5. The molecule has 4 heteroatoms. The Morgan fingerprint density at radius 2 is 1.18 bits per heavy atom.